The zero-order valence-corrected chi connectivity index (χ0v) is 40.5. The molecule has 330 valence electrons. The SMILES string of the molecule is CCCCCCCCC[CH2][Al-](/[CH]=C/C(CCCCC)OC(c1ccccc1)(c1ccccc1)c1ccccc1)([CH2]CCCCCCCCC)[CH2]CCCCCCCCC. The van der Waals surface area contributed by atoms with Gasteiger partial charge in [-0.05, 0) is 23.1 Å². The van der Waals surface area contributed by atoms with E-state index in [1.165, 1.54) is 206 Å². The predicted octanol–water partition coefficient (Wildman–Crippen LogP) is 18.9. The maximum Gasteiger partial charge on any atom is 0.159 e. The highest BCUT2D eigenvalue weighted by Gasteiger charge is 2.39. The zero-order valence-electron chi connectivity index (χ0n) is 39.3. The molecule has 59 heavy (non-hydrogen) atoms. The number of rotatable bonds is 38. The molecule has 0 fully saturated rings. The van der Waals surface area contributed by atoms with E-state index in [-0.39, 0.29) is 6.10 Å². The van der Waals surface area contributed by atoms with Crippen LogP contribution in [-0.4, -0.2) is 19.2 Å². The van der Waals surface area contributed by atoms with Crippen molar-refractivity contribution in [2.24, 2.45) is 0 Å². The predicted molar refractivity (Wildman–Crippen MR) is 265 cm³/mol. The van der Waals surface area contributed by atoms with Crippen molar-refractivity contribution in [1.29, 1.82) is 0 Å². The van der Waals surface area contributed by atoms with Crippen LogP contribution in [0.15, 0.2) is 102 Å². The summed E-state index contributed by atoms with van der Waals surface area (Å²) >= 11 is -2.12. The Kier molecular flexibility index (Phi) is 29.1. The lowest BCUT2D eigenvalue weighted by atomic mass is 9.79. The molecule has 1 atom stereocenters. The second-order valence-electron chi connectivity index (χ2n) is 18.7. The summed E-state index contributed by atoms with van der Waals surface area (Å²) in [5, 5.41) is 4.48. The first-order chi connectivity index (χ1) is 29.1. The summed E-state index contributed by atoms with van der Waals surface area (Å²) in [6, 6.07) is 33.3. The van der Waals surface area contributed by atoms with Crippen LogP contribution in [0, 0.1) is 0 Å². The first kappa shape index (κ1) is 51.2. The summed E-state index contributed by atoms with van der Waals surface area (Å²) in [4.78, 5) is 2.93. The third kappa shape index (κ3) is 20.5. The Hall–Kier alpha value is -2.11. The molecule has 0 amide bonds. The van der Waals surface area contributed by atoms with Crippen molar-refractivity contribution in [1.82, 2.24) is 0 Å². The van der Waals surface area contributed by atoms with Crippen LogP contribution in [0.5, 0.6) is 0 Å². The fourth-order valence-electron chi connectivity index (χ4n) is 9.88. The summed E-state index contributed by atoms with van der Waals surface area (Å²) in [5.74, 6) is 0. The van der Waals surface area contributed by atoms with Crippen molar-refractivity contribution in [2.45, 2.75) is 235 Å². The molecule has 3 aromatic carbocycles. The van der Waals surface area contributed by atoms with Crippen LogP contribution in [0.2, 0.25) is 15.8 Å². The summed E-state index contributed by atoms with van der Waals surface area (Å²) in [5.41, 5.74) is 2.96. The highest BCUT2D eigenvalue weighted by atomic mass is 27.2. The van der Waals surface area contributed by atoms with E-state index < -0.39 is 18.7 Å². The van der Waals surface area contributed by atoms with Gasteiger partial charge < -0.3 is 4.74 Å². The Bertz CT molecular complexity index is 1240. The van der Waals surface area contributed by atoms with Gasteiger partial charge in [0.1, 0.15) is 5.60 Å². The number of hydrogen-bond donors (Lipinski definition) is 0. The lowest BCUT2D eigenvalue weighted by Gasteiger charge is -2.39. The maximum absolute atomic E-state index is 7.85. The second-order valence-corrected chi connectivity index (χ2v) is 23.9. The van der Waals surface area contributed by atoms with Crippen molar-refractivity contribution in [3.05, 3.63) is 119 Å². The van der Waals surface area contributed by atoms with Gasteiger partial charge in [-0.1, -0.05) is 292 Å². The minimum absolute atomic E-state index is 0.0530. The number of hydrogen-bond acceptors (Lipinski definition) is 1. The fraction of sp³-hybridized carbons (Fsp3) is 0.649. The van der Waals surface area contributed by atoms with Gasteiger partial charge in [-0.3, -0.25) is 4.94 Å². The molecule has 0 saturated carbocycles. The molecule has 0 radical (unpaired) electrons. The van der Waals surface area contributed by atoms with Crippen LogP contribution < -0.4 is 0 Å². The normalized spacial score (nSPS) is 12.7. The van der Waals surface area contributed by atoms with Gasteiger partial charge in [0.25, 0.3) is 0 Å². The molecule has 0 spiro atoms. The number of benzene rings is 3. The highest BCUT2D eigenvalue weighted by molar-refractivity contribution is 6.84. The molecule has 0 saturated heterocycles. The zero-order chi connectivity index (χ0) is 42.0. The summed E-state index contributed by atoms with van der Waals surface area (Å²) in [7, 11) is 0. The standard InChI is InChI=1S/C27H29O.3C10H21.Al/c1-3-5-9-22-26(4-2)28-27(23-16-10-6-11-17-23,24-18-12-7-13-19-24)25-20-14-8-15-21-25;3*1-3-5-7-9-10-8-6-4-2;/h2,4,6-8,10-21,26H,3,5,9,22H2,1H3;3*1,3-10H2,2H3;/q;;;;-1. The topological polar surface area (TPSA) is 9.23 Å². The number of ether oxygens (including phenoxy) is 1. The molecular formula is C57H92AlO-. The summed E-state index contributed by atoms with van der Waals surface area (Å²) < 4.78 is 7.85. The van der Waals surface area contributed by atoms with Crippen molar-refractivity contribution >= 4 is 13.1 Å². The van der Waals surface area contributed by atoms with Gasteiger partial charge in [-0.25, -0.2) is 0 Å². The molecule has 0 aromatic heterocycles. The second kappa shape index (κ2) is 33.5. The van der Waals surface area contributed by atoms with E-state index in [9.17, 15) is 0 Å². The molecule has 0 bridgehead atoms. The van der Waals surface area contributed by atoms with E-state index in [1.807, 2.05) is 0 Å². The fourth-order valence-corrected chi connectivity index (χ4v) is 15.3. The van der Waals surface area contributed by atoms with Crippen LogP contribution in [0.4, 0.5) is 0 Å². The van der Waals surface area contributed by atoms with Crippen LogP contribution in [0.3, 0.4) is 0 Å². The molecule has 0 N–H and O–H groups in total. The molecule has 0 heterocycles. The van der Waals surface area contributed by atoms with Crippen LogP contribution >= 0.6 is 0 Å². The van der Waals surface area contributed by atoms with E-state index in [1.54, 1.807) is 0 Å². The lowest BCUT2D eigenvalue weighted by molar-refractivity contribution is -0.0285. The van der Waals surface area contributed by atoms with Gasteiger partial charge in [0.05, 0.1) is 6.10 Å². The molecule has 1 nitrogen and oxygen atoms in total. The van der Waals surface area contributed by atoms with E-state index in [4.69, 9.17) is 4.74 Å². The average molecular weight is 820 g/mol. The van der Waals surface area contributed by atoms with E-state index >= 15 is 0 Å². The molecular weight excluding hydrogens is 728 g/mol. The van der Waals surface area contributed by atoms with Gasteiger partial charge in [0.15, 0.2) is 13.1 Å². The van der Waals surface area contributed by atoms with Gasteiger partial charge in [-0.2, -0.15) is 15.8 Å². The Morgan fingerprint density at radius 2 is 0.678 bits per heavy atom. The minimum Gasteiger partial charge on any atom is -0.354 e. The monoisotopic (exact) mass is 820 g/mol. The van der Waals surface area contributed by atoms with Gasteiger partial charge >= 0.3 is 0 Å². The quantitative estimate of drug-likeness (QED) is 0.0318. The molecule has 1 unspecified atom stereocenters. The highest BCUT2D eigenvalue weighted by Crippen LogP contribution is 2.42. The van der Waals surface area contributed by atoms with Crippen molar-refractivity contribution in [2.75, 3.05) is 0 Å². The van der Waals surface area contributed by atoms with E-state index in [0.29, 0.717) is 0 Å². The summed E-state index contributed by atoms with van der Waals surface area (Å²) in [6.07, 6.45) is 41.4. The van der Waals surface area contributed by atoms with Crippen molar-refractivity contribution in [3.63, 3.8) is 0 Å². The molecule has 3 aromatic rings. The third-order valence-electron chi connectivity index (χ3n) is 13.6. The van der Waals surface area contributed by atoms with Gasteiger partial charge in [0, 0.05) is 0 Å². The lowest BCUT2D eigenvalue weighted by Crippen LogP contribution is -2.37. The smallest absolute Gasteiger partial charge is 0.159 e. The average Bonchev–Trinajstić information content (AvgIpc) is 3.28. The Labute approximate surface area is 369 Å². The molecule has 2 heteroatoms. The Morgan fingerprint density at radius 3 is 1.00 bits per heavy atom. The Morgan fingerprint density at radius 1 is 0.390 bits per heavy atom. The maximum atomic E-state index is 7.85. The van der Waals surface area contributed by atoms with Crippen LogP contribution in [0.1, 0.15) is 224 Å². The molecule has 0 aliphatic rings. The molecule has 0 aliphatic heterocycles. The third-order valence-corrected chi connectivity index (χ3v) is 19.3. The minimum atomic E-state index is -2.12. The first-order valence-electron chi connectivity index (χ1n) is 25.9. The van der Waals surface area contributed by atoms with E-state index in [2.05, 4.69) is 130 Å². The summed E-state index contributed by atoms with van der Waals surface area (Å²) in [6.45, 7) is 9.34. The first-order valence-corrected chi connectivity index (χ1v) is 29.0. The van der Waals surface area contributed by atoms with Gasteiger partial charge in [0.2, 0.25) is 0 Å². The molecule has 3 rings (SSSR count). The van der Waals surface area contributed by atoms with Crippen LogP contribution in [0.25, 0.3) is 0 Å². The van der Waals surface area contributed by atoms with E-state index in [0.717, 1.165) is 6.42 Å². The molecule has 0 aliphatic carbocycles. The number of unbranched alkanes of at least 4 members (excludes halogenated alkanes) is 23. The van der Waals surface area contributed by atoms with Crippen molar-refractivity contribution < 1.29 is 4.74 Å². The largest absolute Gasteiger partial charge is 0.354 e. The van der Waals surface area contributed by atoms with Crippen LogP contribution in [-0.2, 0) is 10.3 Å². The van der Waals surface area contributed by atoms with Crippen molar-refractivity contribution in [3.8, 4) is 0 Å². The van der Waals surface area contributed by atoms with Gasteiger partial charge in [-0.15, -0.1) is 6.08 Å². The Balaban J connectivity index is 1.99.